The fourth-order valence-corrected chi connectivity index (χ4v) is 4.03. The molecule has 140 valence electrons. The first-order valence-electron chi connectivity index (χ1n) is 9.44. The van der Waals surface area contributed by atoms with Crippen molar-refractivity contribution in [2.75, 3.05) is 0 Å². The lowest BCUT2D eigenvalue weighted by molar-refractivity contribution is 0.303. The maximum absolute atomic E-state index is 14.6. The Kier molecular flexibility index (Phi) is 6.00. The molecule has 0 unspecified atom stereocenters. The monoisotopic (exact) mass is 364 g/mol. The van der Waals surface area contributed by atoms with Crippen molar-refractivity contribution in [3.8, 4) is 11.1 Å². The van der Waals surface area contributed by atoms with Crippen LogP contribution < -0.4 is 0 Å². The van der Waals surface area contributed by atoms with Gasteiger partial charge in [-0.1, -0.05) is 32.3 Å². The number of hydrogen-bond donors (Lipinski definition) is 0. The van der Waals surface area contributed by atoms with Gasteiger partial charge in [0.2, 0.25) is 0 Å². The van der Waals surface area contributed by atoms with Gasteiger partial charge in [0.1, 0.15) is 11.6 Å². The molecule has 1 fully saturated rings. The van der Waals surface area contributed by atoms with Crippen LogP contribution in [0.4, 0.5) is 17.6 Å². The summed E-state index contributed by atoms with van der Waals surface area (Å²) in [7, 11) is 0. The van der Waals surface area contributed by atoms with Gasteiger partial charge in [-0.2, -0.15) is 0 Å². The fraction of sp³-hybridized carbons (Fsp3) is 0.455. The Balaban J connectivity index is 1.78. The molecule has 0 bridgehead atoms. The quantitative estimate of drug-likeness (QED) is 0.486. The Morgan fingerprint density at radius 3 is 2.04 bits per heavy atom. The molecule has 26 heavy (non-hydrogen) atoms. The van der Waals surface area contributed by atoms with E-state index < -0.39 is 23.3 Å². The number of hydrogen-bond acceptors (Lipinski definition) is 0. The van der Waals surface area contributed by atoms with Crippen LogP contribution in [0, 0.1) is 29.2 Å². The molecule has 2 aromatic carbocycles. The lowest BCUT2D eigenvalue weighted by Gasteiger charge is -2.29. The molecule has 0 nitrogen and oxygen atoms in total. The van der Waals surface area contributed by atoms with Crippen LogP contribution in [0.2, 0.25) is 0 Å². The number of rotatable bonds is 5. The van der Waals surface area contributed by atoms with Gasteiger partial charge in [0.05, 0.1) is 5.56 Å². The second-order valence-electron chi connectivity index (χ2n) is 7.35. The molecule has 0 saturated heterocycles. The van der Waals surface area contributed by atoms with Gasteiger partial charge in [0, 0.05) is 0 Å². The molecule has 0 N–H and O–H groups in total. The molecule has 1 aliphatic carbocycles. The van der Waals surface area contributed by atoms with E-state index in [1.165, 1.54) is 37.5 Å². The highest BCUT2D eigenvalue weighted by Crippen LogP contribution is 2.39. The second-order valence-corrected chi connectivity index (χ2v) is 7.35. The summed E-state index contributed by atoms with van der Waals surface area (Å²) in [5.41, 5.74) is 0.373. The van der Waals surface area contributed by atoms with Gasteiger partial charge in [-0.15, -0.1) is 0 Å². The summed E-state index contributed by atoms with van der Waals surface area (Å²) in [5.74, 6) is -2.71. The van der Waals surface area contributed by atoms with Crippen molar-refractivity contribution in [2.24, 2.45) is 5.92 Å². The highest BCUT2D eigenvalue weighted by Gasteiger charge is 2.24. The zero-order valence-electron chi connectivity index (χ0n) is 15.0. The van der Waals surface area contributed by atoms with Crippen LogP contribution >= 0.6 is 0 Å². The Hall–Kier alpha value is -1.84. The maximum Gasteiger partial charge on any atom is 0.159 e. The second kappa shape index (κ2) is 8.24. The minimum Gasteiger partial charge on any atom is -0.206 e. The van der Waals surface area contributed by atoms with Crippen LogP contribution in [0.15, 0.2) is 30.3 Å². The molecule has 0 aliphatic heterocycles. The molecule has 4 heteroatoms. The van der Waals surface area contributed by atoms with Crippen LogP contribution in [-0.2, 0) is 0 Å². The van der Waals surface area contributed by atoms with Gasteiger partial charge in [0.15, 0.2) is 11.6 Å². The third kappa shape index (κ3) is 4.11. The van der Waals surface area contributed by atoms with E-state index in [1.807, 2.05) is 0 Å². The molecule has 3 rings (SSSR count). The van der Waals surface area contributed by atoms with E-state index in [1.54, 1.807) is 0 Å². The summed E-state index contributed by atoms with van der Waals surface area (Å²) in [5, 5.41) is 0. The molecule has 1 saturated carbocycles. The molecule has 0 spiro atoms. The third-order valence-electron chi connectivity index (χ3n) is 5.56. The van der Waals surface area contributed by atoms with Gasteiger partial charge < -0.3 is 0 Å². The van der Waals surface area contributed by atoms with E-state index >= 15 is 0 Å². The van der Waals surface area contributed by atoms with E-state index in [0.717, 1.165) is 43.7 Å². The summed E-state index contributed by atoms with van der Waals surface area (Å²) in [6.07, 6.45) is 7.75. The van der Waals surface area contributed by atoms with E-state index in [-0.39, 0.29) is 17.0 Å². The zero-order valence-corrected chi connectivity index (χ0v) is 15.0. The molecule has 0 radical (unpaired) electrons. The third-order valence-corrected chi connectivity index (χ3v) is 5.56. The minimum absolute atomic E-state index is 0.00808. The summed E-state index contributed by atoms with van der Waals surface area (Å²) < 4.78 is 55.6. The lowest BCUT2D eigenvalue weighted by Crippen LogP contribution is -2.14. The standard InChI is InChI=1S/C22H24F4/c1-2-3-4-14-5-7-15(8-6-14)17-12-20(25)22(21(26)13-17)16-9-10-18(23)19(24)11-16/h9-15H,2-8H2,1H3/t14-,15-. The van der Waals surface area contributed by atoms with Crippen LogP contribution in [0.3, 0.4) is 0 Å². The molecule has 0 amide bonds. The first-order valence-corrected chi connectivity index (χ1v) is 9.44. The van der Waals surface area contributed by atoms with Crippen molar-refractivity contribution in [2.45, 2.75) is 57.8 Å². The summed E-state index contributed by atoms with van der Waals surface area (Å²) in [6.45, 7) is 2.19. The van der Waals surface area contributed by atoms with Crippen molar-refractivity contribution in [1.82, 2.24) is 0 Å². The van der Waals surface area contributed by atoms with Crippen LogP contribution in [0.5, 0.6) is 0 Å². The SMILES string of the molecule is CCCC[C@H]1CC[C@H](c2cc(F)c(-c3ccc(F)c(F)c3)c(F)c2)CC1. The van der Waals surface area contributed by atoms with Crippen LogP contribution in [-0.4, -0.2) is 0 Å². The fourth-order valence-electron chi connectivity index (χ4n) is 4.03. The molecule has 2 aromatic rings. The smallest absolute Gasteiger partial charge is 0.159 e. The molecule has 1 aliphatic rings. The van der Waals surface area contributed by atoms with Gasteiger partial charge in [-0.05, 0) is 72.9 Å². The maximum atomic E-state index is 14.6. The lowest BCUT2D eigenvalue weighted by atomic mass is 9.77. The van der Waals surface area contributed by atoms with Gasteiger partial charge in [-0.25, -0.2) is 17.6 Å². The van der Waals surface area contributed by atoms with Crippen LogP contribution in [0.25, 0.3) is 11.1 Å². The van der Waals surface area contributed by atoms with E-state index in [4.69, 9.17) is 0 Å². The highest BCUT2D eigenvalue weighted by atomic mass is 19.2. The topological polar surface area (TPSA) is 0 Å². The predicted molar refractivity (Wildman–Crippen MR) is 95.9 cm³/mol. The van der Waals surface area contributed by atoms with E-state index in [9.17, 15) is 17.6 Å². The number of unbranched alkanes of at least 4 members (excludes halogenated alkanes) is 1. The molecular weight excluding hydrogens is 340 g/mol. The average Bonchev–Trinajstić information content (AvgIpc) is 2.62. The van der Waals surface area contributed by atoms with E-state index in [2.05, 4.69) is 6.92 Å². The first kappa shape index (κ1) is 18.9. The summed E-state index contributed by atoms with van der Waals surface area (Å²) in [6, 6.07) is 5.62. The van der Waals surface area contributed by atoms with Crippen molar-refractivity contribution < 1.29 is 17.6 Å². The molecule has 0 atom stereocenters. The van der Waals surface area contributed by atoms with Gasteiger partial charge in [-0.3, -0.25) is 0 Å². The first-order chi connectivity index (χ1) is 12.5. The Morgan fingerprint density at radius 2 is 1.46 bits per heavy atom. The van der Waals surface area contributed by atoms with Crippen LogP contribution in [0.1, 0.15) is 63.4 Å². The Labute approximate surface area is 152 Å². The van der Waals surface area contributed by atoms with Gasteiger partial charge >= 0.3 is 0 Å². The summed E-state index contributed by atoms with van der Waals surface area (Å²) in [4.78, 5) is 0. The van der Waals surface area contributed by atoms with Crippen molar-refractivity contribution in [3.63, 3.8) is 0 Å². The van der Waals surface area contributed by atoms with E-state index in [0.29, 0.717) is 5.56 Å². The Morgan fingerprint density at radius 1 is 0.808 bits per heavy atom. The van der Waals surface area contributed by atoms with Crippen molar-refractivity contribution >= 4 is 0 Å². The predicted octanol–water partition coefficient (Wildman–Crippen LogP) is 7.37. The molecule has 0 heterocycles. The number of halogens is 4. The van der Waals surface area contributed by atoms with Gasteiger partial charge in [0.25, 0.3) is 0 Å². The summed E-state index contributed by atoms with van der Waals surface area (Å²) >= 11 is 0. The Bertz CT molecular complexity index is 738. The highest BCUT2D eigenvalue weighted by molar-refractivity contribution is 5.65. The normalized spacial score (nSPS) is 20.3. The minimum atomic E-state index is -1.12. The van der Waals surface area contributed by atoms with Crippen molar-refractivity contribution in [3.05, 3.63) is 59.2 Å². The molecular formula is C22H24F4. The number of benzene rings is 2. The zero-order chi connectivity index (χ0) is 18.7. The molecule has 0 aromatic heterocycles. The average molecular weight is 364 g/mol. The largest absolute Gasteiger partial charge is 0.206 e. The van der Waals surface area contributed by atoms with Crippen molar-refractivity contribution in [1.29, 1.82) is 0 Å².